The average Bonchev–Trinajstić information content (AvgIpc) is 3.24. The van der Waals surface area contributed by atoms with Gasteiger partial charge in [0, 0.05) is 0 Å². The van der Waals surface area contributed by atoms with Crippen LogP contribution in [0.25, 0.3) is 11.1 Å². The maximum atomic E-state index is 8.88. The quantitative estimate of drug-likeness (QED) is 0.0865. The van der Waals surface area contributed by atoms with E-state index in [0.717, 1.165) is 52.6 Å². The molecular formula is C72H58O4Si5. The van der Waals surface area contributed by atoms with Gasteiger partial charge in [-0.15, -0.1) is 0 Å². The fourth-order valence-corrected chi connectivity index (χ4v) is 39.4. The fourth-order valence-electron chi connectivity index (χ4n) is 12.0. The molecule has 4 nitrogen and oxygen atoms in total. The molecule has 0 saturated carbocycles. The molecule has 0 amide bonds. The highest BCUT2D eigenvalue weighted by atomic mass is 28.5. The van der Waals surface area contributed by atoms with Gasteiger partial charge in [0.15, 0.2) is 8.07 Å². The van der Waals surface area contributed by atoms with E-state index in [1.54, 1.807) is 0 Å². The Balaban J connectivity index is 1.13. The lowest BCUT2D eigenvalue weighted by atomic mass is 10.1. The second-order valence-electron chi connectivity index (χ2n) is 20.4. The summed E-state index contributed by atoms with van der Waals surface area (Å²) in [5.74, 6) is 0. The van der Waals surface area contributed by atoms with Crippen molar-refractivity contribution in [1.82, 2.24) is 0 Å². The summed E-state index contributed by atoms with van der Waals surface area (Å²) in [5.41, 5.74) is 2.13. The highest BCUT2D eigenvalue weighted by molar-refractivity contribution is 7.20. The molecule has 12 aromatic rings. The van der Waals surface area contributed by atoms with Crippen LogP contribution >= 0.6 is 0 Å². The normalized spacial score (nSPS) is 15.4. The Bertz CT molecular complexity index is 3680. The zero-order chi connectivity index (χ0) is 54.4. The van der Waals surface area contributed by atoms with Gasteiger partial charge in [0.25, 0.3) is 0 Å². The minimum atomic E-state index is -4.25. The van der Waals surface area contributed by atoms with E-state index in [9.17, 15) is 0 Å². The minimum absolute atomic E-state index is 0.933. The molecule has 0 atom stereocenters. The molecule has 0 aromatic heterocycles. The number of hydrogen-bond donors (Lipinski definition) is 0. The molecule has 1 aliphatic heterocycles. The van der Waals surface area contributed by atoms with Crippen molar-refractivity contribution < 1.29 is 16.5 Å². The highest BCUT2D eigenvalue weighted by Crippen LogP contribution is 2.33. The maximum Gasteiger partial charge on any atom is 0.390 e. The lowest BCUT2D eigenvalue weighted by Crippen LogP contribution is -2.88. The summed E-state index contributed by atoms with van der Waals surface area (Å²) in [7, 11) is -19.5. The van der Waals surface area contributed by atoms with Crippen molar-refractivity contribution in [3.05, 3.63) is 352 Å². The molecule has 1 fully saturated rings. The van der Waals surface area contributed by atoms with Crippen molar-refractivity contribution in [3.8, 4) is 11.1 Å². The Hall–Kier alpha value is -8.44. The van der Waals surface area contributed by atoms with Crippen molar-refractivity contribution in [1.29, 1.82) is 0 Å². The molecule has 1 saturated heterocycles. The van der Waals surface area contributed by atoms with Crippen LogP contribution in [-0.2, 0) is 16.5 Å². The van der Waals surface area contributed by atoms with Crippen LogP contribution in [0.4, 0.5) is 0 Å². The summed E-state index contributed by atoms with van der Waals surface area (Å²) in [6, 6.07) is 126. The Labute approximate surface area is 480 Å². The summed E-state index contributed by atoms with van der Waals surface area (Å²) in [5, 5.41) is 12.8. The summed E-state index contributed by atoms with van der Waals surface area (Å²) in [6.07, 6.45) is 0. The van der Waals surface area contributed by atoms with Gasteiger partial charge < -0.3 is 16.5 Å². The standard InChI is InChI=1S/C72H58O4Si5/c1-11-35-61(36-12-1)77(62-37-13-2-14-38-62,63-39-15-3-16-40-63)71-55-31-33-59(57-71)60-34-32-56-72(58-60)81(70-53-29-10-30-54-70)75-79(66-45-21-6-22-46-66,67-47-23-7-24-48-67)73-78(64-41-17-4-18-42-64,65-43-19-5-20-44-65)74-80(76-81,68-49-25-8-26-50-68)69-51-27-9-28-52-69/h1-58H. The topological polar surface area (TPSA) is 36.9 Å². The van der Waals surface area contributed by atoms with Crippen LogP contribution in [0.15, 0.2) is 352 Å². The first-order chi connectivity index (χ1) is 40.1. The van der Waals surface area contributed by atoms with Crippen LogP contribution < -0.4 is 62.2 Å². The molecule has 0 unspecified atom stereocenters. The van der Waals surface area contributed by atoms with E-state index in [1.807, 2.05) is 0 Å². The lowest BCUT2D eigenvalue weighted by molar-refractivity contribution is 0.268. The van der Waals surface area contributed by atoms with Gasteiger partial charge in [-0.05, 0) is 73.4 Å². The molecular weight excluding hydrogens is 1070 g/mol. The molecule has 0 spiro atoms. The molecule has 0 bridgehead atoms. The van der Waals surface area contributed by atoms with Crippen LogP contribution in [-0.4, -0.2) is 42.3 Å². The van der Waals surface area contributed by atoms with E-state index in [-0.39, 0.29) is 0 Å². The summed E-state index contributed by atoms with van der Waals surface area (Å²) in [4.78, 5) is 0. The van der Waals surface area contributed by atoms with Crippen LogP contribution in [0.1, 0.15) is 0 Å². The van der Waals surface area contributed by atoms with Crippen molar-refractivity contribution in [2.75, 3.05) is 0 Å². The molecule has 9 heteroatoms. The Morgan fingerprint density at radius 1 is 0.173 bits per heavy atom. The van der Waals surface area contributed by atoms with E-state index < -0.39 is 42.3 Å². The van der Waals surface area contributed by atoms with Crippen LogP contribution in [0, 0.1) is 0 Å². The van der Waals surface area contributed by atoms with Crippen LogP contribution in [0.5, 0.6) is 0 Å². The van der Waals surface area contributed by atoms with Crippen molar-refractivity contribution >= 4 is 105 Å². The Morgan fingerprint density at radius 2 is 0.370 bits per heavy atom. The van der Waals surface area contributed by atoms with Crippen LogP contribution in [0.3, 0.4) is 0 Å². The number of benzene rings is 12. The average molecular weight is 1130 g/mol. The van der Waals surface area contributed by atoms with Crippen molar-refractivity contribution in [2.45, 2.75) is 0 Å². The number of hydrogen-bond acceptors (Lipinski definition) is 4. The second-order valence-corrected chi connectivity index (χ2v) is 37.1. The number of rotatable bonds is 13. The van der Waals surface area contributed by atoms with E-state index in [2.05, 4.69) is 352 Å². The Kier molecular flexibility index (Phi) is 14.5. The summed E-state index contributed by atoms with van der Waals surface area (Å²) >= 11 is 0. The molecule has 1 aliphatic rings. The monoisotopic (exact) mass is 1130 g/mol. The largest absolute Gasteiger partial charge is 0.402 e. The molecule has 0 N–H and O–H groups in total. The smallest absolute Gasteiger partial charge is 0.390 e. The third-order valence-corrected chi connectivity index (χ3v) is 38.4. The van der Waals surface area contributed by atoms with E-state index in [1.165, 1.54) is 20.7 Å². The second kappa shape index (κ2) is 22.6. The molecule has 0 radical (unpaired) electrons. The zero-order valence-electron chi connectivity index (χ0n) is 44.6. The highest BCUT2D eigenvalue weighted by Gasteiger charge is 2.68. The van der Waals surface area contributed by atoms with E-state index in [0.29, 0.717) is 0 Å². The lowest BCUT2D eigenvalue weighted by Gasteiger charge is -2.53. The zero-order valence-corrected chi connectivity index (χ0v) is 49.6. The summed E-state index contributed by atoms with van der Waals surface area (Å²) < 4.78 is 35.2. The molecule has 81 heavy (non-hydrogen) atoms. The third kappa shape index (κ3) is 9.44. The van der Waals surface area contributed by atoms with E-state index in [4.69, 9.17) is 16.5 Å². The molecule has 13 rings (SSSR count). The molecule has 12 aromatic carbocycles. The van der Waals surface area contributed by atoms with Gasteiger partial charge in [0.1, 0.15) is 0 Å². The predicted molar refractivity (Wildman–Crippen MR) is 345 cm³/mol. The van der Waals surface area contributed by atoms with Gasteiger partial charge in [0.2, 0.25) is 0 Å². The SMILES string of the molecule is c1ccc([Si]2(c3ccccc3)O[Si](c3ccccc3)(c3ccccc3)O[Si](c3ccccc3)(c3cccc(-c4cccc([Si](c5ccccc5)(c5ccccc5)c5ccccc5)c4)c3)O[Si](c3ccccc3)(c3ccccc3)O2)cc1. The van der Waals surface area contributed by atoms with Gasteiger partial charge in [-0.1, -0.05) is 352 Å². The first-order valence-corrected chi connectivity index (χ1v) is 36.9. The van der Waals surface area contributed by atoms with Crippen molar-refractivity contribution in [3.63, 3.8) is 0 Å². The summed E-state index contributed by atoms with van der Waals surface area (Å²) in [6.45, 7) is 0. The van der Waals surface area contributed by atoms with E-state index >= 15 is 0 Å². The van der Waals surface area contributed by atoms with Gasteiger partial charge in [-0.3, -0.25) is 0 Å². The maximum absolute atomic E-state index is 8.88. The molecule has 1 heterocycles. The Morgan fingerprint density at radius 3 is 0.642 bits per heavy atom. The first-order valence-electron chi connectivity index (χ1n) is 27.6. The minimum Gasteiger partial charge on any atom is -0.402 e. The first kappa shape index (κ1) is 52.0. The van der Waals surface area contributed by atoms with Crippen molar-refractivity contribution in [2.24, 2.45) is 0 Å². The molecule has 390 valence electrons. The van der Waals surface area contributed by atoms with Gasteiger partial charge in [-0.25, -0.2) is 0 Å². The molecule has 0 aliphatic carbocycles. The third-order valence-electron chi connectivity index (χ3n) is 15.7. The fraction of sp³-hybridized carbons (Fsp3) is 0. The van der Waals surface area contributed by atoms with Gasteiger partial charge in [0.05, 0.1) is 0 Å². The van der Waals surface area contributed by atoms with Gasteiger partial charge >= 0.3 is 34.2 Å². The predicted octanol–water partition coefficient (Wildman–Crippen LogP) is 8.14. The van der Waals surface area contributed by atoms with Crippen LogP contribution in [0.2, 0.25) is 0 Å². The van der Waals surface area contributed by atoms with Gasteiger partial charge in [-0.2, -0.15) is 0 Å².